The molecule has 3 heterocycles. The van der Waals surface area contributed by atoms with Crippen LogP contribution in [-0.4, -0.2) is 35.0 Å². The number of hydrogen-bond donors (Lipinski definition) is 0. The molecule has 1 amide bonds. The molecule has 4 nitrogen and oxygen atoms in total. The maximum atomic E-state index is 11.0. The van der Waals surface area contributed by atoms with E-state index < -0.39 is 0 Å². The summed E-state index contributed by atoms with van der Waals surface area (Å²) in [5.41, 5.74) is 1.13. The molecule has 3 atom stereocenters. The summed E-state index contributed by atoms with van der Waals surface area (Å²) in [5, 5.41) is 0. The molecular weight excluding hydrogens is 228 g/mol. The lowest BCUT2D eigenvalue weighted by Gasteiger charge is -2.47. The molecule has 1 aromatic rings. The minimum atomic E-state index is 0.109. The Balaban J connectivity index is 1.73. The Bertz CT molecular complexity index is 432. The molecule has 4 rings (SSSR count). The van der Waals surface area contributed by atoms with Crippen LogP contribution in [0.2, 0.25) is 0 Å². The van der Waals surface area contributed by atoms with E-state index in [1.54, 1.807) is 0 Å². The summed E-state index contributed by atoms with van der Waals surface area (Å²) in [7, 11) is 0. The zero-order chi connectivity index (χ0) is 12.5. The third-order valence-corrected chi connectivity index (χ3v) is 4.05. The highest BCUT2D eigenvalue weighted by molar-refractivity contribution is 5.48. The highest BCUT2D eigenvalue weighted by Crippen LogP contribution is 2.36. The molecular formula is C14H18N2O2. The summed E-state index contributed by atoms with van der Waals surface area (Å²) >= 11 is 0. The molecule has 1 aliphatic carbocycles. The van der Waals surface area contributed by atoms with Gasteiger partial charge in [0, 0.05) is 18.8 Å². The van der Waals surface area contributed by atoms with Crippen LogP contribution in [0.3, 0.4) is 0 Å². The van der Waals surface area contributed by atoms with Crippen molar-refractivity contribution in [3.8, 4) is 5.88 Å². The number of fused-ring (bicyclic) bond motifs is 3. The standard InChI is InChI=1S/C14H18N2O2/c1-10-2-5-14(15-7-10)18-13-6-11-3-4-12(13)16(8-11)9-17/h2,5,7,9,11-13H,3-4,6,8H2,1H3/t11-,12+,13-/m1/s1. The Morgan fingerprint density at radius 2 is 2.33 bits per heavy atom. The van der Waals surface area contributed by atoms with Crippen LogP contribution in [-0.2, 0) is 4.79 Å². The number of rotatable bonds is 3. The van der Waals surface area contributed by atoms with Crippen LogP contribution in [0.25, 0.3) is 0 Å². The first kappa shape index (κ1) is 11.5. The third-order valence-electron chi connectivity index (χ3n) is 4.05. The van der Waals surface area contributed by atoms with Gasteiger partial charge in [0.05, 0.1) is 6.04 Å². The molecule has 2 aliphatic heterocycles. The fourth-order valence-corrected chi connectivity index (χ4v) is 3.10. The second-order valence-corrected chi connectivity index (χ2v) is 5.38. The van der Waals surface area contributed by atoms with Crippen LogP contribution in [0, 0.1) is 12.8 Å². The van der Waals surface area contributed by atoms with E-state index in [9.17, 15) is 4.79 Å². The van der Waals surface area contributed by atoms with Crippen LogP contribution in [0.1, 0.15) is 24.8 Å². The number of nitrogens with zero attached hydrogens (tertiary/aromatic N) is 2. The third kappa shape index (κ3) is 2.07. The molecule has 96 valence electrons. The van der Waals surface area contributed by atoms with Crippen LogP contribution in [0.4, 0.5) is 0 Å². The lowest BCUT2D eigenvalue weighted by atomic mass is 9.78. The summed E-state index contributed by atoms with van der Waals surface area (Å²) in [5.74, 6) is 1.26. The molecule has 0 unspecified atom stereocenters. The molecule has 3 aliphatic rings. The lowest BCUT2D eigenvalue weighted by molar-refractivity contribution is -0.130. The first-order chi connectivity index (χ1) is 8.76. The number of hydrogen-bond acceptors (Lipinski definition) is 3. The van der Waals surface area contributed by atoms with Crippen molar-refractivity contribution >= 4 is 6.41 Å². The van der Waals surface area contributed by atoms with E-state index in [1.807, 2.05) is 30.2 Å². The van der Waals surface area contributed by atoms with Gasteiger partial charge in [-0.25, -0.2) is 4.98 Å². The van der Waals surface area contributed by atoms with E-state index in [2.05, 4.69) is 4.98 Å². The van der Waals surface area contributed by atoms with E-state index in [0.29, 0.717) is 11.8 Å². The smallest absolute Gasteiger partial charge is 0.213 e. The fraction of sp³-hybridized carbons (Fsp3) is 0.571. The van der Waals surface area contributed by atoms with E-state index in [4.69, 9.17) is 4.74 Å². The van der Waals surface area contributed by atoms with Crippen molar-refractivity contribution in [1.29, 1.82) is 0 Å². The molecule has 2 saturated heterocycles. The Kier molecular flexibility index (Phi) is 2.94. The number of aromatic nitrogens is 1. The molecule has 0 radical (unpaired) electrons. The van der Waals surface area contributed by atoms with Gasteiger partial charge in [0.15, 0.2) is 0 Å². The Hall–Kier alpha value is -1.58. The number of aryl methyl sites for hydroxylation is 1. The fourth-order valence-electron chi connectivity index (χ4n) is 3.10. The maximum absolute atomic E-state index is 11.0. The Morgan fingerprint density at radius 1 is 1.44 bits per heavy atom. The predicted octanol–water partition coefficient (Wildman–Crippen LogP) is 1.78. The van der Waals surface area contributed by atoms with Crippen molar-refractivity contribution in [3.05, 3.63) is 23.9 Å². The highest BCUT2D eigenvalue weighted by atomic mass is 16.5. The SMILES string of the molecule is Cc1ccc(O[C@@H]2C[C@H]3CC[C@@H]2N(C=O)C3)nc1. The first-order valence-electron chi connectivity index (χ1n) is 6.56. The van der Waals surface area contributed by atoms with Gasteiger partial charge in [0.2, 0.25) is 12.3 Å². The highest BCUT2D eigenvalue weighted by Gasteiger charge is 2.41. The minimum Gasteiger partial charge on any atom is -0.472 e. The molecule has 18 heavy (non-hydrogen) atoms. The monoisotopic (exact) mass is 246 g/mol. The van der Waals surface area contributed by atoms with Gasteiger partial charge in [-0.15, -0.1) is 0 Å². The first-order valence-corrected chi connectivity index (χ1v) is 6.56. The van der Waals surface area contributed by atoms with Crippen molar-refractivity contribution < 1.29 is 9.53 Å². The number of ether oxygens (including phenoxy) is 1. The lowest BCUT2D eigenvalue weighted by Crippen LogP contribution is -2.56. The van der Waals surface area contributed by atoms with Crippen molar-refractivity contribution in [2.45, 2.75) is 38.3 Å². The van der Waals surface area contributed by atoms with Gasteiger partial charge in [-0.3, -0.25) is 4.79 Å². The van der Waals surface area contributed by atoms with Gasteiger partial charge in [0.25, 0.3) is 0 Å². The number of carbonyl (C=O) groups excluding carboxylic acids is 1. The molecule has 4 heteroatoms. The summed E-state index contributed by atoms with van der Waals surface area (Å²) < 4.78 is 5.96. The van der Waals surface area contributed by atoms with E-state index >= 15 is 0 Å². The van der Waals surface area contributed by atoms with E-state index in [0.717, 1.165) is 31.4 Å². The van der Waals surface area contributed by atoms with Gasteiger partial charge >= 0.3 is 0 Å². The average molecular weight is 246 g/mol. The molecule has 1 saturated carbocycles. The van der Waals surface area contributed by atoms with Gasteiger partial charge < -0.3 is 9.64 Å². The predicted molar refractivity (Wildman–Crippen MR) is 67.3 cm³/mol. The molecule has 0 aromatic carbocycles. The number of amides is 1. The van der Waals surface area contributed by atoms with Crippen LogP contribution < -0.4 is 4.74 Å². The summed E-state index contributed by atoms with van der Waals surface area (Å²) in [4.78, 5) is 17.2. The molecule has 2 bridgehead atoms. The van der Waals surface area contributed by atoms with Gasteiger partial charge in [-0.1, -0.05) is 6.07 Å². The molecule has 1 aromatic heterocycles. The Labute approximate surface area is 107 Å². The number of pyridine rings is 1. The van der Waals surface area contributed by atoms with Crippen LogP contribution in [0.15, 0.2) is 18.3 Å². The van der Waals surface area contributed by atoms with Crippen molar-refractivity contribution in [1.82, 2.24) is 9.88 Å². The van der Waals surface area contributed by atoms with Crippen LogP contribution in [0.5, 0.6) is 5.88 Å². The number of piperidine rings is 2. The van der Waals surface area contributed by atoms with Gasteiger partial charge in [0.1, 0.15) is 6.10 Å². The van der Waals surface area contributed by atoms with E-state index in [-0.39, 0.29) is 12.1 Å². The Morgan fingerprint density at radius 3 is 3.00 bits per heavy atom. The molecule has 0 spiro atoms. The minimum absolute atomic E-state index is 0.109. The quantitative estimate of drug-likeness (QED) is 0.763. The van der Waals surface area contributed by atoms with Crippen LogP contribution >= 0.6 is 0 Å². The zero-order valence-corrected chi connectivity index (χ0v) is 10.6. The summed E-state index contributed by atoms with van der Waals surface area (Å²) in [6.07, 6.45) is 6.21. The second kappa shape index (κ2) is 4.59. The van der Waals surface area contributed by atoms with Crippen molar-refractivity contribution in [2.24, 2.45) is 5.92 Å². The van der Waals surface area contributed by atoms with Gasteiger partial charge in [-0.2, -0.15) is 0 Å². The average Bonchev–Trinajstić information content (AvgIpc) is 2.42. The topological polar surface area (TPSA) is 42.4 Å². The maximum Gasteiger partial charge on any atom is 0.213 e. The van der Waals surface area contributed by atoms with Crippen molar-refractivity contribution in [2.75, 3.05) is 6.54 Å². The molecule has 0 N–H and O–H groups in total. The summed E-state index contributed by atoms with van der Waals surface area (Å²) in [6, 6.07) is 4.14. The summed E-state index contributed by atoms with van der Waals surface area (Å²) in [6.45, 7) is 2.91. The number of carbonyl (C=O) groups is 1. The normalized spacial score (nSPS) is 30.3. The zero-order valence-electron chi connectivity index (χ0n) is 10.6. The second-order valence-electron chi connectivity index (χ2n) is 5.38. The van der Waals surface area contributed by atoms with E-state index in [1.165, 1.54) is 6.42 Å². The molecule has 3 fully saturated rings. The van der Waals surface area contributed by atoms with Gasteiger partial charge in [-0.05, 0) is 37.7 Å². The largest absolute Gasteiger partial charge is 0.472 e. The van der Waals surface area contributed by atoms with Crippen molar-refractivity contribution in [3.63, 3.8) is 0 Å².